The number of carbonyl (C=O) groups excluding carboxylic acids is 1. The van der Waals surface area contributed by atoms with Crippen LogP contribution in [0.2, 0.25) is 0 Å². The van der Waals surface area contributed by atoms with Crippen molar-refractivity contribution in [2.24, 2.45) is 0 Å². The monoisotopic (exact) mass is 280 g/mol. The van der Waals surface area contributed by atoms with Crippen molar-refractivity contribution in [3.8, 4) is 0 Å². The topological polar surface area (TPSA) is 17.1 Å². The Hall–Kier alpha value is -0.840. The summed E-state index contributed by atoms with van der Waals surface area (Å²) in [6, 6.07) is 3.25. The van der Waals surface area contributed by atoms with E-state index >= 15 is 0 Å². The van der Waals surface area contributed by atoms with Gasteiger partial charge in [0, 0.05) is 0 Å². The second kappa shape index (κ2) is 4.79. The summed E-state index contributed by atoms with van der Waals surface area (Å²) in [5, 5.41) is 0. The van der Waals surface area contributed by atoms with Gasteiger partial charge in [0.15, 0.2) is 0 Å². The van der Waals surface area contributed by atoms with E-state index in [1.807, 2.05) is 0 Å². The van der Waals surface area contributed by atoms with Crippen LogP contribution in [0.25, 0.3) is 0 Å². The van der Waals surface area contributed by atoms with Gasteiger partial charge in [-0.1, -0.05) is 28.1 Å². The van der Waals surface area contributed by atoms with E-state index in [4.69, 9.17) is 0 Å². The number of halogens is 4. The lowest BCUT2D eigenvalue weighted by Crippen LogP contribution is -2.02. The van der Waals surface area contributed by atoms with Crippen LogP contribution in [0.4, 0.5) is 13.2 Å². The van der Waals surface area contributed by atoms with Gasteiger partial charge in [-0.2, -0.15) is 0 Å². The van der Waals surface area contributed by atoms with Crippen LogP contribution in [0.15, 0.2) is 18.2 Å². The van der Waals surface area contributed by atoms with E-state index < -0.39 is 22.6 Å². The van der Waals surface area contributed by atoms with Crippen molar-refractivity contribution in [3.63, 3.8) is 0 Å². The molecule has 1 nitrogen and oxygen atoms in total. The van der Waals surface area contributed by atoms with Gasteiger partial charge in [-0.05, 0) is 18.6 Å². The second-order valence-corrected chi connectivity index (χ2v) is 3.97. The van der Waals surface area contributed by atoms with Crippen LogP contribution < -0.4 is 0 Å². The van der Waals surface area contributed by atoms with Gasteiger partial charge < -0.3 is 0 Å². The van der Waals surface area contributed by atoms with Crippen molar-refractivity contribution in [1.29, 1.82) is 0 Å². The molecular formula is C10H8BrF3O. The molecule has 0 aliphatic heterocycles. The first-order valence-corrected chi connectivity index (χ1v) is 5.07. The quantitative estimate of drug-likeness (QED) is 0.770. The van der Waals surface area contributed by atoms with Gasteiger partial charge in [0.05, 0.1) is 10.4 Å². The zero-order chi connectivity index (χ0) is 11.6. The van der Waals surface area contributed by atoms with E-state index in [9.17, 15) is 18.0 Å². The standard InChI is InChI=1S/C10H8BrF3O/c1-5(15)9(11)6-2-3-7(10(13)14)8(12)4-6/h2-4,9-10H,1H3. The Kier molecular flexibility index (Phi) is 3.90. The fourth-order valence-corrected chi connectivity index (χ4v) is 1.40. The number of hydrogen-bond donors (Lipinski definition) is 0. The molecule has 0 fully saturated rings. The van der Waals surface area contributed by atoms with E-state index in [2.05, 4.69) is 15.9 Å². The maximum atomic E-state index is 13.1. The Balaban J connectivity index is 3.06. The van der Waals surface area contributed by atoms with Gasteiger partial charge in [-0.25, -0.2) is 13.2 Å². The molecule has 0 bridgehead atoms. The molecule has 1 atom stereocenters. The Labute approximate surface area is 93.4 Å². The summed E-state index contributed by atoms with van der Waals surface area (Å²) in [6.45, 7) is 1.33. The molecule has 0 aliphatic rings. The average molecular weight is 281 g/mol. The van der Waals surface area contributed by atoms with Crippen LogP contribution >= 0.6 is 15.9 Å². The summed E-state index contributed by atoms with van der Waals surface area (Å²) in [5.74, 6) is -1.20. The van der Waals surface area contributed by atoms with Crippen LogP contribution in [-0.2, 0) is 4.79 Å². The minimum absolute atomic E-state index is 0.209. The fraction of sp³-hybridized carbons (Fsp3) is 0.300. The van der Waals surface area contributed by atoms with Gasteiger partial charge in [-0.15, -0.1) is 0 Å². The molecule has 1 aromatic rings. The zero-order valence-electron chi connectivity index (χ0n) is 7.81. The van der Waals surface area contributed by atoms with Crippen molar-refractivity contribution in [2.75, 3.05) is 0 Å². The Morgan fingerprint density at radius 2 is 2.00 bits per heavy atom. The summed E-state index contributed by atoms with van der Waals surface area (Å²) in [6.07, 6.45) is -2.84. The average Bonchev–Trinajstić information content (AvgIpc) is 2.15. The summed E-state index contributed by atoms with van der Waals surface area (Å²) in [7, 11) is 0. The number of ketones is 1. The molecule has 82 valence electrons. The van der Waals surface area contributed by atoms with Gasteiger partial charge in [-0.3, -0.25) is 4.79 Å². The largest absolute Gasteiger partial charge is 0.298 e. The first-order chi connectivity index (χ1) is 6.93. The highest BCUT2D eigenvalue weighted by atomic mass is 79.9. The van der Waals surface area contributed by atoms with E-state index in [0.29, 0.717) is 5.56 Å². The predicted molar refractivity (Wildman–Crippen MR) is 53.7 cm³/mol. The molecule has 0 radical (unpaired) electrons. The minimum Gasteiger partial charge on any atom is -0.298 e. The predicted octanol–water partition coefficient (Wildman–Crippen LogP) is 3.79. The Morgan fingerprint density at radius 1 is 1.40 bits per heavy atom. The number of Topliss-reactive ketones (excluding diaryl/α,β-unsaturated/α-hetero) is 1. The number of carbonyl (C=O) groups is 1. The third kappa shape index (κ3) is 2.81. The molecule has 0 amide bonds. The third-order valence-corrected chi connectivity index (χ3v) is 3.08. The summed E-state index contributed by atoms with van der Waals surface area (Å²) >= 11 is 3.04. The molecule has 0 aliphatic carbocycles. The fourth-order valence-electron chi connectivity index (χ4n) is 1.11. The lowest BCUT2D eigenvalue weighted by molar-refractivity contribution is -0.116. The molecule has 0 spiro atoms. The molecule has 1 aromatic carbocycles. The molecule has 5 heteroatoms. The molecule has 0 saturated heterocycles. The van der Waals surface area contributed by atoms with Crippen LogP contribution in [0.3, 0.4) is 0 Å². The number of benzene rings is 1. The molecule has 1 unspecified atom stereocenters. The molecular weight excluding hydrogens is 273 g/mol. The molecule has 0 saturated carbocycles. The maximum Gasteiger partial charge on any atom is 0.266 e. The first kappa shape index (κ1) is 12.2. The Morgan fingerprint density at radius 3 is 2.40 bits per heavy atom. The summed E-state index contributed by atoms with van der Waals surface area (Å²) in [4.78, 5) is 10.3. The SMILES string of the molecule is CC(=O)C(Br)c1ccc(C(F)F)c(F)c1. The van der Waals surface area contributed by atoms with E-state index in [1.54, 1.807) is 0 Å². The highest BCUT2D eigenvalue weighted by Crippen LogP contribution is 2.28. The lowest BCUT2D eigenvalue weighted by atomic mass is 10.1. The first-order valence-electron chi connectivity index (χ1n) is 4.15. The zero-order valence-corrected chi connectivity index (χ0v) is 9.39. The van der Waals surface area contributed by atoms with E-state index in [-0.39, 0.29) is 5.78 Å². The Bertz CT molecular complexity index is 379. The van der Waals surface area contributed by atoms with Crippen LogP contribution in [0, 0.1) is 5.82 Å². The number of alkyl halides is 3. The van der Waals surface area contributed by atoms with Gasteiger partial charge in [0.2, 0.25) is 0 Å². The minimum atomic E-state index is -2.84. The normalized spacial score (nSPS) is 12.9. The third-order valence-electron chi connectivity index (χ3n) is 1.91. The number of hydrogen-bond acceptors (Lipinski definition) is 1. The van der Waals surface area contributed by atoms with Crippen molar-refractivity contribution >= 4 is 21.7 Å². The van der Waals surface area contributed by atoms with Crippen LogP contribution in [0.5, 0.6) is 0 Å². The lowest BCUT2D eigenvalue weighted by Gasteiger charge is -2.08. The summed E-state index contributed by atoms with van der Waals surface area (Å²) < 4.78 is 37.5. The van der Waals surface area contributed by atoms with Gasteiger partial charge >= 0.3 is 0 Å². The molecule has 0 N–H and O–H groups in total. The van der Waals surface area contributed by atoms with Gasteiger partial charge in [0.1, 0.15) is 11.6 Å². The van der Waals surface area contributed by atoms with E-state index in [1.165, 1.54) is 13.0 Å². The molecule has 1 rings (SSSR count). The van der Waals surface area contributed by atoms with E-state index in [0.717, 1.165) is 12.1 Å². The van der Waals surface area contributed by atoms with Crippen LogP contribution in [-0.4, -0.2) is 5.78 Å². The van der Waals surface area contributed by atoms with Crippen molar-refractivity contribution in [2.45, 2.75) is 18.2 Å². The number of rotatable bonds is 3. The second-order valence-electron chi connectivity index (χ2n) is 3.05. The molecule has 15 heavy (non-hydrogen) atoms. The molecule has 0 heterocycles. The summed E-state index contributed by atoms with van der Waals surface area (Å²) in [5.41, 5.74) is -0.314. The van der Waals surface area contributed by atoms with Crippen molar-refractivity contribution < 1.29 is 18.0 Å². The van der Waals surface area contributed by atoms with Crippen LogP contribution in [0.1, 0.15) is 29.3 Å². The highest BCUT2D eigenvalue weighted by Gasteiger charge is 2.17. The van der Waals surface area contributed by atoms with Crippen molar-refractivity contribution in [3.05, 3.63) is 35.1 Å². The highest BCUT2D eigenvalue weighted by molar-refractivity contribution is 9.09. The maximum absolute atomic E-state index is 13.1. The van der Waals surface area contributed by atoms with Gasteiger partial charge in [0.25, 0.3) is 6.43 Å². The molecule has 0 aromatic heterocycles. The van der Waals surface area contributed by atoms with Crippen molar-refractivity contribution in [1.82, 2.24) is 0 Å². The smallest absolute Gasteiger partial charge is 0.266 e.